The maximum absolute atomic E-state index is 6.12. The van der Waals surface area contributed by atoms with Crippen molar-refractivity contribution in [1.29, 1.82) is 0 Å². The lowest BCUT2D eigenvalue weighted by Gasteiger charge is -2.13. The van der Waals surface area contributed by atoms with Crippen LogP contribution in [-0.4, -0.2) is 15.0 Å². The zero-order chi connectivity index (χ0) is 19.2. The Morgan fingerprint density at radius 1 is 1.04 bits per heavy atom. The molecule has 9 heteroatoms. The third-order valence-corrected chi connectivity index (χ3v) is 4.24. The molecule has 138 valence electrons. The first kappa shape index (κ1) is 18.9. The summed E-state index contributed by atoms with van der Waals surface area (Å²) >= 11 is 12.2. The zero-order valence-electron chi connectivity index (χ0n) is 14.1. The number of hydrogen-bond donors (Lipinski definition) is 2. The van der Waals surface area contributed by atoms with Crippen LogP contribution < -0.4 is 21.3 Å². The molecule has 0 aliphatic rings. The van der Waals surface area contributed by atoms with Crippen molar-refractivity contribution in [2.75, 3.05) is 5.01 Å². The van der Waals surface area contributed by atoms with Crippen molar-refractivity contribution in [3.63, 3.8) is 0 Å². The summed E-state index contributed by atoms with van der Waals surface area (Å²) < 4.78 is 5.64. The Morgan fingerprint density at radius 3 is 2.37 bits per heavy atom. The van der Waals surface area contributed by atoms with Crippen LogP contribution >= 0.6 is 23.2 Å². The SMILES string of the molecule is N/C(=C\N(N)c1ncc(OCc2c(Cl)cccc2Cl)cn1)c1ccccn1. The summed E-state index contributed by atoms with van der Waals surface area (Å²) in [6.45, 7) is 0.195. The van der Waals surface area contributed by atoms with Gasteiger partial charge >= 0.3 is 0 Å². The molecule has 0 atom stereocenters. The highest BCUT2D eigenvalue weighted by Gasteiger charge is 2.08. The van der Waals surface area contributed by atoms with E-state index in [4.69, 9.17) is 39.5 Å². The Bertz CT molecular complexity index is 914. The van der Waals surface area contributed by atoms with Crippen LogP contribution in [0.15, 0.2) is 61.2 Å². The molecule has 0 unspecified atom stereocenters. The normalized spacial score (nSPS) is 11.3. The van der Waals surface area contributed by atoms with Crippen molar-refractivity contribution in [2.24, 2.45) is 11.6 Å². The molecule has 0 bridgehead atoms. The maximum atomic E-state index is 6.12. The molecule has 3 rings (SSSR count). The number of hydrogen-bond acceptors (Lipinski definition) is 7. The van der Waals surface area contributed by atoms with Crippen molar-refractivity contribution in [1.82, 2.24) is 15.0 Å². The molecule has 0 fully saturated rings. The van der Waals surface area contributed by atoms with Crippen LogP contribution in [-0.2, 0) is 6.61 Å². The summed E-state index contributed by atoms with van der Waals surface area (Å²) in [6.07, 6.45) is 6.13. The summed E-state index contributed by atoms with van der Waals surface area (Å²) in [7, 11) is 0. The number of rotatable bonds is 6. The Kier molecular flexibility index (Phi) is 6.08. The Hall–Kier alpha value is -2.87. The summed E-state index contributed by atoms with van der Waals surface area (Å²) in [5.41, 5.74) is 7.65. The van der Waals surface area contributed by atoms with Crippen LogP contribution in [0.25, 0.3) is 5.70 Å². The number of pyridine rings is 1. The summed E-state index contributed by atoms with van der Waals surface area (Å²) in [6, 6.07) is 10.7. The van der Waals surface area contributed by atoms with Crippen molar-refractivity contribution < 1.29 is 4.74 Å². The van der Waals surface area contributed by atoms with Gasteiger partial charge in [-0.2, -0.15) is 0 Å². The first-order valence-corrected chi connectivity index (χ1v) is 8.60. The molecular formula is C18H16Cl2N6O. The van der Waals surface area contributed by atoms with Gasteiger partial charge in [-0.05, 0) is 24.3 Å². The van der Waals surface area contributed by atoms with Crippen molar-refractivity contribution in [2.45, 2.75) is 6.61 Å². The average Bonchev–Trinajstić information content (AvgIpc) is 2.68. The molecule has 27 heavy (non-hydrogen) atoms. The Morgan fingerprint density at radius 2 is 1.74 bits per heavy atom. The van der Waals surface area contributed by atoms with Crippen molar-refractivity contribution >= 4 is 34.8 Å². The minimum atomic E-state index is 0.195. The highest BCUT2D eigenvalue weighted by atomic mass is 35.5. The van der Waals surface area contributed by atoms with Crippen LogP contribution in [0, 0.1) is 0 Å². The predicted octanol–water partition coefficient (Wildman–Crippen LogP) is 3.39. The molecular weight excluding hydrogens is 387 g/mol. The van der Waals surface area contributed by atoms with Gasteiger partial charge in [-0.25, -0.2) is 15.8 Å². The second kappa shape index (κ2) is 8.68. The van der Waals surface area contributed by atoms with Gasteiger partial charge in [0.1, 0.15) is 6.61 Å². The van der Waals surface area contributed by atoms with Crippen LogP contribution in [0.1, 0.15) is 11.3 Å². The topological polar surface area (TPSA) is 103 Å². The number of nitrogens with zero attached hydrogens (tertiary/aromatic N) is 4. The van der Waals surface area contributed by atoms with E-state index in [1.165, 1.54) is 23.6 Å². The monoisotopic (exact) mass is 402 g/mol. The number of nitrogens with two attached hydrogens (primary N) is 2. The minimum Gasteiger partial charge on any atom is -0.486 e. The largest absolute Gasteiger partial charge is 0.486 e. The fraction of sp³-hybridized carbons (Fsp3) is 0.0556. The molecule has 0 aliphatic heterocycles. The van der Waals surface area contributed by atoms with Crippen LogP contribution in [0.5, 0.6) is 5.75 Å². The third kappa shape index (κ3) is 4.85. The van der Waals surface area contributed by atoms with Crippen molar-refractivity contribution in [3.8, 4) is 5.75 Å². The number of halogens is 2. The quantitative estimate of drug-likeness (QED) is 0.480. The lowest BCUT2D eigenvalue weighted by atomic mass is 10.2. The Labute approximate surface area is 166 Å². The van der Waals surface area contributed by atoms with E-state index in [1.807, 2.05) is 6.07 Å². The number of ether oxygens (including phenoxy) is 1. The molecule has 4 N–H and O–H groups in total. The third-order valence-electron chi connectivity index (χ3n) is 3.53. The maximum Gasteiger partial charge on any atom is 0.244 e. The smallest absolute Gasteiger partial charge is 0.244 e. The molecule has 1 aromatic carbocycles. The summed E-state index contributed by atoms with van der Waals surface area (Å²) in [5.74, 6) is 6.63. The number of anilines is 1. The van der Waals surface area contributed by atoms with E-state index in [2.05, 4.69) is 15.0 Å². The van der Waals surface area contributed by atoms with Gasteiger partial charge in [0, 0.05) is 28.0 Å². The molecule has 0 radical (unpaired) electrons. The standard InChI is InChI=1S/C18H16Cl2N6O/c19-14-4-3-5-15(20)13(14)11-27-12-8-24-18(25-9-12)26(22)10-16(21)17-6-1-2-7-23-17/h1-10H,11,21-22H2/b16-10-. The molecule has 0 amide bonds. The second-order valence-corrected chi connectivity index (χ2v) is 6.23. The van der Waals surface area contributed by atoms with Gasteiger partial charge in [0.2, 0.25) is 5.95 Å². The van der Waals surface area contributed by atoms with E-state index in [0.717, 1.165) is 0 Å². The van der Waals surface area contributed by atoms with E-state index in [0.29, 0.717) is 32.7 Å². The minimum absolute atomic E-state index is 0.195. The highest BCUT2D eigenvalue weighted by molar-refractivity contribution is 6.35. The number of aromatic nitrogens is 3. The second-order valence-electron chi connectivity index (χ2n) is 5.41. The van der Waals surface area contributed by atoms with Gasteiger partial charge in [-0.1, -0.05) is 35.3 Å². The van der Waals surface area contributed by atoms with E-state index >= 15 is 0 Å². The fourth-order valence-electron chi connectivity index (χ4n) is 2.15. The van der Waals surface area contributed by atoms with Gasteiger partial charge in [-0.15, -0.1) is 0 Å². The predicted molar refractivity (Wildman–Crippen MR) is 106 cm³/mol. The van der Waals surface area contributed by atoms with Gasteiger partial charge < -0.3 is 10.5 Å². The van der Waals surface area contributed by atoms with E-state index < -0.39 is 0 Å². The molecule has 2 aromatic heterocycles. The van der Waals surface area contributed by atoms with Gasteiger partial charge in [0.05, 0.1) is 23.8 Å². The first-order valence-electron chi connectivity index (χ1n) is 7.85. The molecule has 0 aliphatic carbocycles. The van der Waals surface area contributed by atoms with Gasteiger partial charge in [0.15, 0.2) is 5.75 Å². The lowest BCUT2D eigenvalue weighted by Crippen LogP contribution is -2.27. The molecule has 7 nitrogen and oxygen atoms in total. The summed E-state index contributed by atoms with van der Waals surface area (Å²) in [5, 5.41) is 2.27. The lowest BCUT2D eigenvalue weighted by molar-refractivity contribution is 0.304. The van der Waals surface area contributed by atoms with Gasteiger partial charge in [0.25, 0.3) is 0 Å². The summed E-state index contributed by atoms with van der Waals surface area (Å²) in [4.78, 5) is 12.5. The van der Waals surface area contributed by atoms with Gasteiger partial charge in [-0.3, -0.25) is 9.99 Å². The number of hydrazine groups is 1. The first-order chi connectivity index (χ1) is 13.0. The Balaban J connectivity index is 1.66. The van der Waals surface area contributed by atoms with Crippen LogP contribution in [0.2, 0.25) is 10.0 Å². The zero-order valence-corrected chi connectivity index (χ0v) is 15.6. The molecule has 0 saturated carbocycles. The van der Waals surface area contributed by atoms with E-state index in [9.17, 15) is 0 Å². The van der Waals surface area contributed by atoms with E-state index in [1.54, 1.807) is 36.5 Å². The van der Waals surface area contributed by atoms with Crippen LogP contribution in [0.4, 0.5) is 5.95 Å². The highest BCUT2D eigenvalue weighted by Crippen LogP contribution is 2.25. The number of benzene rings is 1. The van der Waals surface area contributed by atoms with Crippen LogP contribution in [0.3, 0.4) is 0 Å². The molecule has 0 saturated heterocycles. The fourth-order valence-corrected chi connectivity index (χ4v) is 2.66. The molecule has 3 aromatic rings. The van der Waals surface area contributed by atoms with E-state index in [-0.39, 0.29) is 12.6 Å². The molecule has 2 heterocycles. The average molecular weight is 403 g/mol. The molecule has 0 spiro atoms. The van der Waals surface area contributed by atoms with Crippen molar-refractivity contribution in [3.05, 3.63) is 82.5 Å².